The molecule has 1 saturated heterocycles. The number of hydrogen-bond donors (Lipinski definition) is 1. The highest BCUT2D eigenvalue weighted by Crippen LogP contribution is 2.14. The van der Waals surface area contributed by atoms with E-state index in [0.717, 1.165) is 35.7 Å². The zero-order chi connectivity index (χ0) is 17.8. The van der Waals surface area contributed by atoms with Crippen molar-refractivity contribution >= 4 is 11.9 Å². The summed E-state index contributed by atoms with van der Waals surface area (Å²) in [5.41, 5.74) is 3.26. The highest BCUT2D eigenvalue weighted by molar-refractivity contribution is 5.78. The first-order valence-corrected chi connectivity index (χ1v) is 8.38. The Kier molecular flexibility index (Phi) is 5.28. The van der Waals surface area contributed by atoms with Gasteiger partial charge in [0.25, 0.3) is 0 Å². The van der Waals surface area contributed by atoms with Crippen molar-refractivity contribution in [3.8, 4) is 0 Å². The zero-order valence-corrected chi connectivity index (χ0v) is 14.8. The molecule has 3 rings (SSSR count). The summed E-state index contributed by atoms with van der Waals surface area (Å²) in [7, 11) is 0. The SMILES string of the molecule is Cc1cc(CNC(=O)Cc2c(C)noc2C)nc(N2CCOCC2)n1. The molecule has 0 bridgehead atoms. The quantitative estimate of drug-likeness (QED) is 0.867. The fourth-order valence-corrected chi connectivity index (χ4v) is 2.78. The molecule has 134 valence electrons. The minimum absolute atomic E-state index is 0.0846. The Morgan fingerprint density at radius 3 is 2.68 bits per heavy atom. The summed E-state index contributed by atoms with van der Waals surface area (Å²) in [4.78, 5) is 23.4. The third-order valence-corrected chi connectivity index (χ3v) is 4.17. The molecule has 0 radical (unpaired) electrons. The summed E-state index contributed by atoms with van der Waals surface area (Å²) in [6.45, 7) is 8.86. The molecular weight excluding hydrogens is 322 g/mol. The zero-order valence-electron chi connectivity index (χ0n) is 14.8. The molecule has 0 unspecified atom stereocenters. The van der Waals surface area contributed by atoms with Crippen molar-refractivity contribution in [2.24, 2.45) is 0 Å². The van der Waals surface area contributed by atoms with Crippen LogP contribution < -0.4 is 10.2 Å². The standard InChI is InChI=1S/C17H23N5O3/c1-11-8-14(20-17(19-11)22-4-6-24-7-5-22)10-18-16(23)9-15-12(2)21-25-13(15)3/h8H,4-7,9-10H2,1-3H3,(H,18,23). The summed E-state index contributed by atoms with van der Waals surface area (Å²) < 4.78 is 10.5. The van der Waals surface area contributed by atoms with Gasteiger partial charge in [0.1, 0.15) is 5.76 Å². The molecule has 8 nitrogen and oxygen atoms in total. The maximum atomic E-state index is 12.2. The van der Waals surface area contributed by atoms with Crippen molar-refractivity contribution in [2.75, 3.05) is 31.2 Å². The second-order valence-corrected chi connectivity index (χ2v) is 6.16. The summed E-state index contributed by atoms with van der Waals surface area (Å²) in [5, 5.41) is 6.78. The van der Waals surface area contributed by atoms with Crippen LogP contribution in [-0.2, 0) is 22.5 Å². The van der Waals surface area contributed by atoms with Crippen molar-refractivity contribution in [2.45, 2.75) is 33.7 Å². The third-order valence-electron chi connectivity index (χ3n) is 4.17. The number of aromatic nitrogens is 3. The Hall–Kier alpha value is -2.48. The first-order valence-electron chi connectivity index (χ1n) is 8.38. The monoisotopic (exact) mass is 345 g/mol. The first-order chi connectivity index (χ1) is 12.0. The van der Waals surface area contributed by atoms with E-state index in [1.54, 1.807) is 0 Å². The molecule has 0 aromatic carbocycles. The van der Waals surface area contributed by atoms with E-state index in [2.05, 4.69) is 25.3 Å². The van der Waals surface area contributed by atoms with Crippen molar-refractivity contribution in [1.82, 2.24) is 20.4 Å². The summed E-state index contributed by atoms with van der Waals surface area (Å²) in [6, 6.07) is 1.89. The van der Waals surface area contributed by atoms with Gasteiger partial charge < -0.3 is 19.5 Å². The molecular formula is C17H23N5O3. The molecule has 0 spiro atoms. The number of anilines is 1. The summed E-state index contributed by atoms with van der Waals surface area (Å²) in [5.74, 6) is 1.29. The molecule has 0 aliphatic carbocycles. The predicted octanol–water partition coefficient (Wildman–Crippen LogP) is 1.09. The van der Waals surface area contributed by atoms with Crippen LogP contribution in [0.5, 0.6) is 0 Å². The number of ether oxygens (including phenoxy) is 1. The largest absolute Gasteiger partial charge is 0.378 e. The van der Waals surface area contributed by atoms with E-state index in [1.165, 1.54) is 0 Å². The van der Waals surface area contributed by atoms with Gasteiger partial charge >= 0.3 is 0 Å². The van der Waals surface area contributed by atoms with E-state index in [4.69, 9.17) is 9.26 Å². The minimum Gasteiger partial charge on any atom is -0.378 e. The lowest BCUT2D eigenvalue weighted by Crippen LogP contribution is -2.37. The van der Waals surface area contributed by atoms with Gasteiger partial charge in [-0.25, -0.2) is 9.97 Å². The minimum atomic E-state index is -0.0846. The van der Waals surface area contributed by atoms with Gasteiger partial charge in [-0.05, 0) is 26.8 Å². The van der Waals surface area contributed by atoms with Gasteiger partial charge in [-0.3, -0.25) is 4.79 Å². The van der Waals surface area contributed by atoms with E-state index in [-0.39, 0.29) is 12.3 Å². The molecule has 1 amide bonds. The van der Waals surface area contributed by atoms with Gasteiger partial charge in [-0.1, -0.05) is 5.16 Å². The highest BCUT2D eigenvalue weighted by Gasteiger charge is 2.16. The fourth-order valence-electron chi connectivity index (χ4n) is 2.78. The van der Waals surface area contributed by atoms with E-state index in [0.29, 0.717) is 31.5 Å². The van der Waals surface area contributed by atoms with Gasteiger partial charge in [-0.15, -0.1) is 0 Å². The maximum absolute atomic E-state index is 12.2. The number of nitrogens with one attached hydrogen (secondary N) is 1. The van der Waals surface area contributed by atoms with Crippen LogP contribution in [0.4, 0.5) is 5.95 Å². The Morgan fingerprint density at radius 2 is 2.00 bits per heavy atom. The Balaban J connectivity index is 1.62. The van der Waals surface area contributed by atoms with E-state index in [1.807, 2.05) is 26.8 Å². The first kappa shape index (κ1) is 17.3. The number of morpholine rings is 1. The molecule has 1 fully saturated rings. The lowest BCUT2D eigenvalue weighted by molar-refractivity contribution is -0.120. The number of carbonyl (C=O) groups is 1. The Labute approximate surface area is 146 Å². The van der Waals surface area contributed by atoms with Crippen LogP contribution >= 0.6 is 0 Å². The van der Waals surface area contributed by atoms with Crippen LogP contribution in [0.2, 0.25) is 0 Å². The predicted molar refractivity (Wildman–Crippen MR) is 91.3 cm³/mol. The Bertz CT molecular complexity index is 733. The average Bonchev–Trinajstić information content (AvgIpc) is 2.92. The molecule has 1 aliphatic heterocycles. The van der Waals surface area contributed by atoms with E-state index < -0.39 is 0 Å². The van der Waals surface area contributed by atoms with Gasteiger partial charge in [0.15, 0.2) is 0 Å². The molecule has 0 atom stereocenters. The smallest absolute Gasteiger partial charge is 0.225 e. The van der Waals surface area contributed by atoms with Crippen LogP contribution in [0, 0.1) is 20.8 Å². The van der Waals surface area contributed by atoms with Crippen LogP contribution in [0.3, 0.4) is 0 Å². The second kappa shape index (κ2) is 7.60. The van der Waals surface area contributed by atoms with E-state index in [9.17, 15) is 4.79 Å². The number of carbonyl (C=O) groups excluding carboxylic acids is 1. The van der Waals surface area contributed by atoms with E-state index >= 15 is 0 Å². The summed E-state index contributed by atoms with van der Waals surface area (Å²) >= 11 is 0. The summed E-state index contributed by atoms with van der Waals surface area (Å²) in [6.07, 6.45) is 0.252. The molecule has 1 N–H and O–H groups in total. The number of rotatable bonds is 5. The van der Waals surface area contributed by atoms with Crippen molar-refractivity contribution in [3.63, 3.8) is 0 Å². The van der Waals surface area contributed by atoms with Gasteiger partial charge in [0, 0.05) is 24.3 Å². The van der Waals surface area contributed by atoms with Gasteiger partial charge in [0.05, 0.1) is 37.6 Å². The number of amides is 1. The number of hydrogen-bond acceptors (Lipinski definition) is 7. The molecule has 3 heterocycles. The molecule has 1 aliphatic rings. The molecule has 2 aromatic rings. The van der Waals surface area contributed by atoms with Crippen LogP contribution in [0.15, 0.2) is 10.6 Å². The molecule has 8 heteroatoms. The normalized spacial score (nSPS) is 14.6. The van der Waals surface area contributed by atoms with Gasteiger partial charge in [-0.2, -0.15) is 0 Å². The molecule has 0 saturated carbocycles. The topological polar surface area (TPSA) is 93.4 Å². The number of nitrogens with zero attached hydrogens (tertiary/aromatic N) is 4. The second-order valence-electron chi connectivity index (χ2n) is 6.16. The lowest BCUT2D eigenvalue weighted by Gasteiger charge is -2.27. The number of aryl methyl sites for hydroxylation is 3. The van der Waals surface area contributed by atoms with Crippen molar-refractivity contribution in [3.05, 3.63) is 34.5 Å². The van der Waals surface area contributed by atoms with Crippen LogP contribution in [0.1, 0.15) is 28.4 Å². The highest BCUT2D eigenvalue weighted by atomic mass is 16.5. The third kappa shape index (κ3) is 4.33. The van der Waals surface area contributed by atoms with Crippen molar-refractivity contribution in [1.29, 1.82) is 0 Å². The van der Waals surface area contributed by atoms with Crippen LogP contribution in [-0.4, -0.2) is 47.3 Å². The maximum Gasteiger partial charge on any atom is 0.225 e. The molecule has 25 heavy (non-hydrogen) atoms. The Morgan fingerprint density at radius 1 is 1.24 bits per heavy atom. The average molecular weight is 345 g/mol. The fraction of sp³-hybridized carbons (Fsp3) is 0.529. The van der Waals surface area contributed by atoms with Gasteiger partial charge in [0.2, 0.25) is 11.9 Å². The lowest BCUT2D eigenvalue weighted by atomic mass is 10.1. The van der Waals surface area contributed by atoms with Crippen molar-refractivity contribution < 1.29 is 14.1 Å². The van der Waals surface area contributed by atoms with Crippen LogP contribution in [0.25, 0.3) is 0 Å². The molecule has 2 aromatic heterocycles.